The highest BCUT2D eigenvalue weighted by molar-refractivity contribution is 6.05. The number of hydrogen-bond acceptors (Lipinski definition) is 3. The van der Waals surface area contributed by atoms with E-state index < -0.39 is 0 Å². The molecule has 0 saturated carbocycles. The largest absolute Gasteiger partial charge is 0.380 e. The van der Waals surface area contributed by atoms with Crippen LogP contribution < -0.4 is 10.6 Å². The van der Waals surface area contributed by atoms with Gasteiger partial charge in [-0.2, -0.15) is 0 Å². The van der Waals surface area contributed by atoms with Crippen LogP contribution in [0.1, 0.15) is 10.4 Å². The minimum atomic E-state index is 0.130. The first-order chi connectivity index (χ1) is 6.86. The van der Waals surface area contributed by atoms with Crippen LogP contribution in [0.25, 0.3) is 0 Å². The SMILES string of the molecule is O=C1c2ccccc2NC2CNCC12. The molecule has 2 atom stereocenters. The maximum atomic E-state index is 12.0. The summed E-state index contributed by atoms with van der Waals surface area (Å²) in [5.41, 5.74) is 1.83. The van der Waals surface area contributed by atoms with Gasteiger partial charge in [-0.1, -0.05) is 12.1 Å². The molecule has 2 unspecified atom stereocenters. The number of fused-ring (bicyclic) bond motifs is 2. The van der Waals surface area contributed by atoms with Gasteiger partial charge in [0, 0.05) is 30.4 Å². The summed E-state index contributed by atoms with van der Waals surface area (Å²) < 4.78 is 0. The number of anilines is 1. The standard InChI is InChI=1S/C11H12N2O/c14-11-7-3-1-2-4-9(7)13-10-6-12-5-8(10)11/h1-4,8,10,12-13H,5-6H2. The molecule has 3 nitrogen and oxygen atoms in total. The minimum absolute atomic E-state index is 0.130. The number of hydrogen-bond donors (Lipinski definition) is 2. The van der Waals surface area contributed by atoms with Crippen molar-refractivity contribution in [3.05, 3.63) is 29.8 Å². The number of nitrogens with one attached hydrogen (secondary N) is 2. The van der Waals surface area contributed by atoms with Gasteiger partial charge in [0.1, 0.15) is 0 Å². The highest BCUT2D eigenvalue weighted by Gasteiger charge is 2.37. The molecule has 14 heavy (non-hydrogen) atoms. The van der Waals surface area contributed by atoms with Crippen molar-refractivity contribution in [2.45, 2.75) is 6.04 Å². The fourth-order valence-electron chi connectivity index (χ4n) is 2.33. The summed E-state index contributed by atoms with van der Waals surface area (Å²) >= 11 is 0. The van der Waals surface area contributed by atoms with Crippen molar-refractivity contribution in [3.8, 4) is 0 Å². The third kappa shape index (κ3) is 0.990. The molecule has 0 bridgehead atoms. The molecule has 0 aromatic heterocycles. The highest BCUT2D eigenvalue weighted by atomic mass is 16.1. The Labute approximate surface area is 82.5 Å². The molecule has 2 heterocycles. The summed E-state index contributed by atoms with van der Waals surface area (Å²) in [5.74, 6) is 0.416. The van der Waals surface area contributed by atoms with Crippen molar-refractivity contribution in [2.24, 2.45) is 5.92 Å². The number of para-hydroxylation sites is 1. The summed E-state index contributed by atoms with van der Waals surface area (Å²) in [4.78, 5) is 12.0. The van der Waals surface area contributed by atoms with Gasteiger partial charge in [-0.25, -0.2) is 0 Å². The zero-order valence-corrected chi connectivity index (χ0v) is 7.79. The monoisotopic (exact) mass is 188 g/mol. The van der Waals surface area contributed by atoms with Crippen LogP contribution in [0.15, 0.2) is 24.3 Å². The Morgan fingerprint density at radius 1 is 1.21 bits per heavy atom. The molecule has 3 rings (SSSR count). The van der Waals surface area contributed by atoms with Crippen molar-refractivity contribution in [3.63, 3.8) is 0 Å². The molecule has 0 radical (unpaired) electrons. The first kappa shape index (κ1) is 8.00. The predicted molar refractivity (Wildman–Crippen MR) is 54.5 cm³/mol. The topological polar surface area (TPSA) is 41.1 Å². The fourth-order valence-corrected chi connectivity index (χ4v) is 2.33. The molecular weight excluding hydrogens is 176 g/mol. The van der Waals surface area contributed by atoms with Gasteiger partial charge in [-0.15, -0.1) is 0 Å². The molecular formula is C11H12N2O. The molecule has 1 saturated heterocycles. The van der Waals surface area contributed by atoms with E-state index in [4.69, 9.17) is 0 Å². The molecule has 2 N–H and O–H groups in total. The Morgan fingerprint density at radius 3 is 3.00 bits per heavy atom. The Morgan fingerprint density at radius 2 is 2.07 bits per heavy atom. The van der Waals surface area contributed by atoms with E-state index in [0.717, 1.165) is 24.3 Å². The van der Waals surface area contributed by atoms with Crippen LogP contribution in [0.5, 0.6) is 0 Å². The molecule has 1 aromatic carbocycles. The number of Topliss-reactive ketones (excluding diaryl/α,β-unsaturated/α-hetero) is 1. The second-order valence-electron chi connectivity index (χ2n) is 3.93. The molecule has 0 amide bonds. The van der Waals surface area contributed by atoms with Crippen molar-refractivity contribution in [1.29, 1.82) is 0 Å². The summed E-state index contributed by atoms with van der Waals surface area (Å²) in [5, 5.41) is 6.65. The molecule has 1 aromatic rings. The Kier molecular flexibility index (Phi) is 1.61. The van der Waals surface area contributed by atoms with Gasteiger partial charge in [0.15, 0.2) is 5.78 Å². The molecule has 2 aliphatic heterocycles. The van der Waals surface area contributed by atoms with Crippen LogP contribution in [0, 0.1) is 5.92 Å². The third-order valence-electron chi connectivity index (χ3n) is 3.08. The maximum absolute atomic E-state index is 12.0. The average Bonchev–Trinajstić information content (AvgIpc) is 2.66. The van der Waals surface area contributed by atoms with E-state index >= 15 is 0 Å². The Balaban J connectivity index is 2.08. The number of rotatable bonds is 0. The predicted octanol–water partition coefficient (Wildman–Crippen LogP) is 0.883. The van der Waals surface area contributed by atoms with E-state index in [1.165, 1.54) is 0 Å². The molecule has 3 heteroatoms. The highest BCUT2D eigenvalue weighted by Crippen LogP contribution is 2.29. The van der Waals surface area contributed by atoms with Gasteiger partial charge in [0.25, 0.3) is 0 Å². The number of carbonyl (C=O) groups excluding carboxylic acids is 1. The van der Waals surface area contributed by atoms with Crippen LogP contribution in [-0.2, 0) is 0 Å². The second-order valence-corrected chi connectivity index (χ2v) is 3.93. The summed E-state index contributed by atoms with van der Waals surface area (Å²) in [6.45, 7) is 1.70. The van der Waals surface area contributed by atoms with E-state index in [-0.39, 0.29) is 17.7 Å². The van der Waals surface area contributed by atoms with Gasteiger partial charge in [0.05, 0.1) is 5.92 Å². The summed E-state index contributed by atoms with van der Waals surface area (Å²) in [6, 6.07) is 8.04. The molecule has 1 fully saturated rings. The first-order valence-electron chi connectivity index (χ1n) is 4.97. The van der Waals surface area contributed by atoms with E-state index in [1.807, 2.05) is 24.3 Å². The van der Waals surface area contributed by atoms with Crippen molar-refractivity contribution < 1.29 is 4.79 Å². The van der Waals surface area contributed by atoms with E-state index in [2.05, 4.69) is 10.6 Å². The molecule has 0 aliphatic carbocycles. The summed E-state index contributed by atoms with van der Waals surface area (Å²) in [6.07, 6.45) is 0. The number of ketones is 1. The molecule has 2 aliphatic rings. The average molecular weight is 188 g/mol. The quantitative estimate of drug-likeness (QED) is 0.635. The Bertz CT molecular complexity index is 389. The van der Waals surface area contributed by atoms with Crippen LogP contribution in [0.4, 0.5) is 5.69 Å². The van der Waals surface area contributed by atoms with Gasteiger partial charge in [-0.05, 0) is 12.1 Å². The van der Waals surface area contributed by atoms with Gasteiger partial charge < -0.3 is 10.6 Å². The fraction of sp³-hybridized carbons (Fsp3) is 0.364. The lowest BCUT2D eigenvalue weighted by atomic mass is 9.88. The second kappa shape index (κ2) is 2.82. The zero-order chi connectivity index (χ0) is 9.54. The zero-order valence-electron chi connectivity index (χ0n) is 7.79. The van der Waals surface area contributed by atoms with Crippen LogP contribution >= 0.6 is 0 Å². The minimum Gasteiger partial charge on any atom is -0.380 e. The van der Waals surface area contributed by atoms with Gasteiger partial charge >= 0.3 is 0 Å². The van der Waals surface area contributed by atoms with Crippen LogP contribution in [0.3, 0.4) is 0 Å². The van der Waals surface area contributed by atoms with E-state index in [9.17, 15) is 4.79 Å². The lowest BCUT2D eigenvalue weighted by Gasteiger charge is -2.27. The van der Waals surface area contributed by atoms with Gasteiger partial charge in [0.2, 0.25) is 0 Å². The normalized spacial score (nSPS) is 29.3. The van der Waals surface area contributed by atoms with E-state index in [0.29, 0.717) is 0 Å². The molecule has 72 valence electrons. The van der Waals surface area contributed by atoms with Crippen molar-refractivity contribution in [2.75, 3.05) is 18.4 Å². The first-order valence-corrected chi connectivity index (χ1v) is 4.97. The maximum Gasteiger partial charge on any atom is 0.171 e. The van der Waals surface area contributed by atoms with Crippen molar-refractivity contribution in [1.82, 2.24) is 5.32 Å². The lowest BCUT2D eigenvalue weighted by Crippen LogP contribution is -2.38. The summed E-state index contributed by atoms with van der Waals surface area (Å²) in [7, 11) is 0. The lowest BCUT2D eigenvalue weighted by molar-refractivity contribution is 0.0920. The third-order valence-corrected chi connectivity index (χ3v) is 3.08. The smallest absolute Gasteiger partial charge is 0.171 e. The number of carbonyl (C=O) groups is 1. The molecule has 0 spiro atoms. The van der Waals surface area contributed by atoms with Crippen LogP contribution in [0.2, 0.25) is 0 Å². The van der Waals surface area contributed by atoms with Crippen LogP contribution in [-0.4, -0.2) is 24.9 Å². The van der Waals surface area contributed by atoms with Crippen molar-refractivity contribution >= 4 is 11.5 Å². The Hall–Kier alpha value is -1.35. The van der Waals surface area contributed by atoms with Gasteiger partial charge in [-0.3, -0.25) is 4.79 Å². The van der Waals surface area contributed by atoms with E-state index in [1.54, 1.807) is 0 Å². The number of benzene rings is 1.